The van der Waals surface area contributed by atoms with Crippen LogP contribution in [0.1, 0.15) is 29.5 Å². The molecule has 0 unspecified atom stereocenters. The Kier molecular flexibility index (Phi) is 4.33. The number of hydrogen-bond donors (Lipinski definition) is 3. The zero-order valence-corrected chi connectivity index (χ0v) is 10.4. The van der Waals surface area contributed by atoms with Crippen LogP contribution in [0.3, 0.4) is 0 Å². The van der Waals surface area contributed by atoms with E-state index < -0.39 is 0 Å². The Morgan fingerprint density at radius 3 is 2.56 bits per heavy atom. The van der Waals surface area contributed by atoms with Gasteiger partial charge in [0.05, 0.1) is 13.2 Å². The van der Waals surface area contributed by atoms with Crippen LogP contribution < -0.4 is 5.32 Å². The largest absolute Gasteiger partial charge is 0.392 e. The molecule has 4 nitrogen and oxygen atoms in total. The Morgan fingerprint density at radius 2 is 1.94 bits per heavy atom. The summed E-state index contributed by atoms with van der Waals surface area (Å²) in [5.41, 5.74) is 2.57. The van der Waals surface area contributed by atoms with E-state index in [1.165, 1.54) is 0 Å². The van der Waals surface area contributed by atoms with E-state index in [0.717, 1.165) is 36.0 Å². The Morgan fingerprint density at radius 1 is 1.22 bits per heavy atom. The lowest BCUT2D eigenvalue weighted by Gasteiger charge is -2.09. The molecule has 18 heavy (non-hydrogen) atoms. The van der Waals surface area contributed by atoms with Gasteiger partial charge in [-0.3, -0.25) is 4.79 Å². The first-order valence-electron chi connectivity index (χ1n) is 6.34. The molecule has 98 valence electrons. The SMILES string of the molecule is O=C(NCCc1ccc(CO)c(CO)c1)C1CC1. The Hall–Kier alpha value is -1.39. The van der Waals surface area contributed by atoms with Gasteiger partial charge in [-0.05, 0) is 36.0 Å². The molecule has 0 aliphatic heterocycles. The number of nitrogens with one attached hydrogen (secondary N) is 1. The van der Waals surface area contributed by atoms with Gasteiger partial charge in [0, 0.05) is 12.5 Å². The molecule has 1 amide bonds. The molecule has 2 rings (SSSR count). The molecule has 0 radical (unpaired) electrons. The number of rotatable bonds is 6. The molecular formula is C14H19NO3. The lowest BCUT2D eigenvalue weighted by Crippen LogP contribution is -2.26. The molecular weight excluding hydrogens is 230 g/mol. The summed E-state index contributed by atoms with van der Waals surface area (Å²) in [6.45, 7) is 0.491. The number of aliphatic hydroxyl groups is 2. The van der Waals surface area contributed by atoms with E-state index in [1.54, 1.807) is 0 Å². The molecule has 1 saturated carbocycles. The molecule has 0 saturated heterocycles. The second kappa shape index (κ2) is 5.98. The van der Waals surface area contributed by atoms with Gasteiger partial charge < -0.3 is 15.5 Å². The first-order chi connectivity index (χ1) is 8.74. The number of amides is 1. The minimum atomic E-state index is -0.0713. The normalized spacial score (nSPS) is 14.6. The third-order valence-electron chi connectivity index (χ3n) is 3.27. The quantitative estimate of drug-likeness (QED) is 0.696. The molecule has 1 aliphatic carbocycles. The summed E-state index contributed by atoms with van der Waals surface area (Å²) in [6.07, 6.45) is 2.79. The molecule has 1 aromatic rings. The van der Waals surface area contributed by atoms with Crippen molar-refractivity contribution in [2.45, 2.75) is 32.5 Å². The zero-order valence-electron chi connectivity index (χ0n) is 10.4. The maximum Gasteiger partial charge on any atom is 0.223 e. The summed E-state index contributed by atoms with van der Waals surface area (Å²) < 4.78 is 0. The van der Waals surface area contributed by atoms with Gasteiger partial charge in [0.2, 0.25) is 5.91 Å². The summed E-state index contributed by atoms with van der Waals surface area (Å²) in [7, 11) is 0. The van der Waals surface area contributed by atoms with Crippen LogP contribution >= 0.6 is 0 Å². The number of carbonyl (C=O) groups is 1. The van der Waals surface area contributed by atoms with Crippen LogP contribution in [-0.2, 0) is 24.4 Å². The van der Waals surface area contributed by atoms with Crippen molar-refractivity contribution in [1.82, 2.24) is 5.32 Å². The van der Waals surface area contributed by atoms with Crippen molar-refractivity contribution >= 4 is 5.91 Å². The molecule has 1 fully saturated rings. The van der Waals surface area contributed by atoms with Gasteiger partial charge in [-0.15, -0.1) is 0 Å². The topological polar surface area (TPSA) is 69.6 Å². The highest BCUT2D eigenvalue weighted by molar-refractivity contribution is 5.80. The fraction of sp³-hybridized carbons (Fsp3) is 0.500. The Balaban J connectivity index is 1.86. The fourth-order valence-electron chi connectivity index (χ4n) is 1.96. The monoisotopic (exact) mass is 249 g/mol. The summed E-state index contributed by atoms with van der Waals surface area (Å²) in [5, 5.41) is 21.2. The van der Waals surface area contributed by atoms with Gasteiger partial charge in [-0.2, -0.15) is 0 Å². The summed E-state index contributed by atoms with van der Waals surface area (Å²) in [6, 6.07) is 5.63. The smallest absolute Gasteiger partial charge is 0.223 e. The molecule has 0 bridgehead atoms. The second-order valence-corrected chi connectivity index (χ2v) is 4.73. The van der Waals surface area contributed by atoms with Gasteiger partial charge in [0.25, 0.3) is 0 Å². The van der Waals surface area contributed by atoms with E-state index in [-0.39, 0.29) is 25.0 Å². The van der Waals surface area contributed by atoms with E-state index in [9.17, 15) is 9.90 Å². The van der Waals surface area contributed by atoms with Crippen molar-refractivity contribution in [1.29, 1.82) is 0 Å². The van der Waals surface area contributed by atoms with E-state index in [1.807, 2.05) is 18.2 Å². The molecule has 3 N–H and O–H groups in total. The van der Waals surface area contributed by atoms with Crippen LogP contribution in [0.2, 0.25) is 0 Å². The Labute approximate surface area is 107 Å². The van der Waals surface area contributed by atoms with Gasteiger partial charge in [-0.25, -0.2) is 0 Å². The maximum atomic E-state index is 11.4. The first kappa shape index (κ1) is 13.1. The fourth-order valence-corrected chi connectivity index (χ4v) is 1.96. The van der Waals surface area contributed by atoms with Crippen molar-refractivity contribution in [2.75, 3.05) is 6.54 Å². The van der Waals surface area contributed by atoms with Crippen molar-refractivity contribution < 1.29 is 15.0 Å². The van der Waals surface area contributed by atoms with Crippen molar-refractivity contribution in [2.24, 2.45) is 5.92 Å². The summed E-state index contributed by atoms with van der Waals surface area (Å²) in [4.78, 5) is 11.4. The van der Waals surface area contributed by atoms with E-state index >= 15 is 0 Å². The minimum absolute atomic E-state index is 0.0609. The summed E-state index contributed by atoms with van der Waals surface area (Å²) in [5.74, 6) is 0.402. The predicted molar refractivity (Wildman–Crippen MR) is 67.7 cm³/mol. The number of hydrogen-bond acceptors (Lipinski definition) is 3. The van der Waals surface area contributed by atoms with Crippen molar-refractivity contribution in [3.63, 3.8) is 0 Å². The zero-order chi connectivity index (χ0) is 13.0. The van der Waals surface area contributed by atoms with E-state index in [0.29, 0.717) is 6.54 Å². The predicted octanol–water partition coefficient (Wildman–Crippen LogP) is 0.740. The highest BCUT2D eigenvalue weighted by Crippen LogP contribution is 2.28. The summed E-state index contributed by atoms with van der Waals surface area (Å²) >= 11 is 0. The molecule has 0 aromatic heterocycles. The van der Waals surface area contributed by atoms with Gasteiger partial charge >= 0.3 is 0 Å². The van der Waals surface area contributed by atoms with Crippen LogP contribution in [0.15, 0.2) is 18.2 Å². The van der Waals surface area contributed by atoms with E-state index in [4.69, 9.17) is 5.11 Å². The van der Waals surface area contributed by atoms with Crippen LogP contribution in [0.25, 0.3) is 0 Å². The molecule has 4 heteroatoms. The van der Waals surface area contributed by atoms with Crippen LogP contribution in [-0.4, -0.2) is 22.7 Å². The lowest BCUT2D eigenvalue weighted by atomic mass is 10.0. The highest BCUT2D eigenvalue weighted by atomic mass is 16.3. The lowest BCUT2D eigenvalue weighted by molar-refractivity contribution is -0.122. The van der Waals surface area contributed by atoms with Gasteiger partial charge in [0.1, 0.15) is 0 Å². The van der Waals surface area contributed by atoms with Crippen molar-refractivity contribution in [3.05, 3.63) is 34.9 Å². The van der Waals surface area contributed by atoms with E-state index in [2.05, 4.69) is 5.32 Å². The molecule has 0 heterocycles. The molecule has 1 aliphatic rings. The molecule has 0 atom stereocenters. The van der Waals surface area contributed by atoms with Crippen molar-refractivity contribution in [3.8, 4) is 0 Å². The average molecular weight is 249 g/mol. The first-order valence-corrected chi connectivity index (χ1v) is 6.34. The number of carbonyl (C=O) groups excluding carboxylic acids is 1. The van der Waals surface area contributed by atoms with Gasteiger partial charge in [-0.1, -0.05) is 18.2 Å². The number of aliphatic hydroxyl groups excluding tert-OH is 2. The molecule has 1 aromatic carbocycles. The minimum Gasteiger partial charge on any atom is -0.392 e. The second-order valence-electron chi connectivity index (χ2n) is 4.73. The highest BCUT2D eigenvalue weighted by Gasteiger charge is 2.28. The van der Waals surface area contributed by atoms with Crippen LogP contribution in [0, 0.1) is 5.92 Å². The average Bonchev–Trinajstić information content (AvgIpc) is 3.22. The van der Waals surface area contributed by atoms with Crippen LogP contribution in [0.5, 0.6) is 0 Å². The van der Waals surface area contributed by atoms with Gasteiger partial charge in [0.15, 0.2) is 0 Å². The Bertz CT molecular complexity index is 427. The molecule has 0 spiro atoms. The third kappa shape index (κ3) is 3.31. The standard InChI is InChI=1S/C14H19NO3/c16-8-12-2-1-10(7-13(12)9-17)5-6-15-14(18)11-3-4-11/h1-2,7,11,16-17H,3-6,8-9H2,(H,15,18). The number of benzene rings is 1. The maximum absolute atomic E-state index is 11.4. The van der Waals surface area contributed by atoms with Crippen LogP contribution in [0.4, 0.5) is 0 Å². The third-order valence-corrected chi connectivity index (χ3v) is 3.27.